The number of amides is 1. The van der Waals surface area contributed by atoms with Crippen molar-refractivity contribution in [1.82, 2.24) is 10.3 Å². The SMILES string of the molecule is O=C(NCC(O)CO)c1ccc(Cl)nc1Cl. The summed E-state index contributed by atoms with van der Waals surface area (Å²) in [6.07, 6.45) is -0.997. The molecule has 0 aliphatic carbocycles. The van der Waals surface area contributed by atoms with Crippen LogP contribution in [0.1, 0.15) is 10.4 Å². The maximum absolute atomic E-state index is 11.5. The molecule has 1 aromatic heterocycles. The monoisotopic (exact) mass is 264 g/mol. The standard InChI is InChI=1S/C9H10Cl2N2O3/c10-7-2-1-6(8(11)13-7)9(16)12-3-5(15)4-14/h1-2,5,14-15H,3-4H2,(H,12,16). The van der Waals surface area contributed by atoms with Crippen molar-refractivity contribution < 1.29 is 15.0 Å². The summed E-state index contributed by atoms with van der Waals surface area (Å²) in [5, 5.41) is 20.2. The molecule has 88 valence electrons. The quantitative estimate of drug-likeness (QED) is 0.691. The molecule has 1 rings (SSSR count). The highest BCUT2D eigenvalue weighted by atomic mass is 35.5. The minimum atomic E-state index is -0.997. The number of nitrogens with one attached hydrogen (secondary N) is 1. The molecule has 0 bridgehead atoms. The fraction of sp³-hybridized carbons (Fsp3) is 0.333. The zero-order valence-electron chi connectivity index (χ0n) is 8.15. The first-order chi connectivity index (χ1) is 7.54. The van der Waals surface area contributed by atoms with Gasteiger partial charge in [0.1, 0.15) is 10.3 Å². The molecule has 0 spiro atoms. The van der Waals surface area contributed by atoms with Gasteiger partial charge in [0.2, 0.25) is 0 Å². The molecule has 0 radical (unpaired) electrons. The van der Waals surface area contributed by atoms with Crippen LogP contribution in [0.4, 0.5) is 0 Å². The van der Waals surface area contributed by atoms with Crippen LogP contribution in [0, 0.1) is 0 Å². The van der Waals surface area contributed by atoms with Crippen LogP contribution in [-0.2, 0) is 0 Å². The maximum atomic E-state index is 11.5. The van der Waals surface area contributed by atoms with Gasteiger partial charge in [0.05, 0.1) is 18.3 Å². The molecule has 0 saturated heterocycles. The number of rotatable bonds is 4. The van der Waals surface area contributed by atoms with E-state index < -0.39 is 18.6 Å². The van der Waals surface area contributed by atoms with Gasteiger partial charge in [-0.3, -0.25) is 4.79 Å². The predicted octanol–water partition coefficient (Wildman–Crippen LogP) is 0.471. The Balaban J connectivity index is 2.66. The van der Waals surface area contributed by atoms with Crippen molar-refractivity contribution in [1.29, 1.82) is 0 Å². The molecule has 1 heterocycles. The van der Waals surface area contributed by atoms with Gasteiger partial charge in [-0.1, -0.05) is 23.2 Å². The number of hydrogen-bond acceptors (Lipinski definition) is 4. The number of nitrogens with zero attached hydrogens (tertiary/aromatic N) is 1. The second kappa shape index (κ2) is 6.00. The zero-order valence-corrected chi connectivity index (χ0v) is 9.66. The first-order valence-electron chi connectivity index (χ1n) is 4.43. The van der Waals surface area contributed by atoms with E-state index in [1.807, 2.05) is 0 Å². The molecular formula is C9H10Cl2N2O3. The Hall–Kier alpha value is -0.880. The molecule has 1 amide bonds. The van der Waals surface area contributed by atoms with E-state index in [-0.39, 0.29) is 22.4 Å². The molecule has 0 saturated carbocycles. The van der Waals surface area contributed by atoms with Crippen molar-refractivity contribution in [2.24, 2.45) is 0 Å². The molecule has 1 atom stereocenters. The van der Waals surface area contributed by atoms with E-state index in [1.54, 1.807) is 0 Å². The summed E-state index contributed by atoms with van der Waals surface area (Å²) in [5.74, 6) is -0.485. The minimum Gasteiger partial charge on any atom is -0.394 e. The minimum absolute atomic E-state index is 0.0107. The smallest absolute Gasteiger partial charge is 0.254 e. The van der Waals surface area contributed by atoms with Crippen LogP contribution in [-0.4, -0.2) is 40.4 Å². The Kier molecular flexibility index (Phi) is 4.95. The Bertz CT molecular complexity index is 387. The van der Waals surface area contributed by atoms with Crippen LogP contribution < -0.4 is 5.32 Å². The summed E-state index contributed by atoms with van der Waals surface area (Å²) in [6.45, 7) is -0.485. The molecule has 5 nitrogen and oxygen atoms in total. The Morgan fingerprint density at radius 1 is 1.50 bits per heavy atom. The van der Waals surface area contributed by atoms with E-state index in [9.17, 15) is 4.79 Å². The highest BCUT2D eigenvalue weighted by Gasteiger charge is 2.12. The first-order valence-corrected chi connectivity index (χ1v) is 5.19. The van der Waals surface area contributed by atoms with Crippen molar-refractivity contribution in [2.75, 3.05) is 13.2 Å². The van der Waals surface area contributed by atoms with Crippen molar-refractivity contribution in [3.8, 4) is 0 Å². The average Bonchev–Trinajstić information content (AvgIpc) is 2.25. The summed E-state index contributed by atoms with van der Waals surface area (Å²) >= 11 is 11.3. The van der Waals surface area contributed by atoms with Gasteiger partial charge in [-0.25, -0.2) is 4.98 Å². The fourth-order valence-electron chi connectivity index (χ4n) is 0.952. The molecule has 7 heteroatoms. The molecule has 3 N–H and O–H groups in total. The van der Waals surface area contributed by atoms with E-state index in [0.29, 0.717) is 0 Å². The van der Waals surface area contributed by atoms with Crippen molar-refractivity contribution >= 4 is 29.1 Å². The van der Waals surface area contributed by atoms with Gasteiger partial charge in [-0.15, -0.1) is 0 Å². The number of aromatic nitrogens is 1. The van der Waals surface area contributed by atoms with Crippen molar-refractivity contribution in [2.45, 2.75) is 6.10 Å². The predicted molar refractivity (Wildman–Crippen MR) is 59.7 cm³/mol. The van der Waals surface area contributed by atoms with Crippen LogP contribution >= 0.6 is 23.2 Å². The summed E-state index contributed by atoms with van der Waals surface area (Å²) in [5.41, 5.74) is 0.163. The van der Waals surface area contributed by atoms with E-state index in [0.717, 1.165) is 0 Å². The maximum Gasteiger partial charge on any atom is 0.254 e. The molecule has 0 aliphatic heterocycles. The summed E-state index contributed by atoms with van der Waals surface area (Å²) < 4.78 is 0. The van der Waals surface area contributed by atoms with Gasteiger partial charge in [0.15, 0.2) is 0 Å². The second-order valence-corrected chi connectivity index (χ2v) is 3.76. The molecular weight excluding hydrogens is 255 g/mol. The Morgan fingerprint density at radius 3 is 2.75 bits per heavy atom. The summed E-state index contributed by atoms with van der Waals surface area (Å²) in [6, 6.07) is 2.86. The fourth-order valence-corrected chi connectivity index (χ4v) is 1.38. The van der Waals surface area contributed by atoms with Gasteiger partial charge in [0.25, 0.3) is 5.91 Å². The first kappa shape index (κ1) is 13.2. The van der Waals surface area contributed by atoms with Gasteiger partial charge in [0, 0.05) is 6.54 Å². The summed E-state index contributed by atoms with van der Waals surface area (Å²) in [7, 11) is 0. The van der Waals surface area contributed by atoms with E-state index in [4.69, 9.17) is 33.4 Å². The number of aliphatic hydroxyl groups is 2. The van der Waals surface area contributed by atoms with Crippen molar-refractivity contribution in [3.63, 3.8) is 0 Å². The van der Waals surface area contributed by atoms with Crippen LogP contribution in [0.25, 0.3) is 0 Å². The highest BCUT2D eigenvalue weighted by Crippen LogP contribution is 2.16. The van der Waals surface area contributed by atoms with Gasteiger partial charge < -0.3 is 15.5 Å². The number of carbonyl (C=O) groups excluding carboxylic acids is 1. The van der Waals surface area contributed by atoms with Crippen LogP contribution in [0.3, 0.4) is 0 Å². The molecule has 0 aliphatic rings. The molecule has 1 aromatic rings. The lowest BCUT2D eigenvalue weighted by atomic mass is 10.2. The molecule has 0 fully saturated rings. The second-order valence-electron chi connectivity index (χ2n) is 3.02. The number of hydrogen-bond donors (Lipinski definition) is 3. The van der Waals surface area contributed by atoms with Crippen molar-refractivity contribution in [3.05, 3.63) is 28.0 Å². The Morgan fingerprint density at radius 2 is 2.19 bits per heavy atom. The lowest BCUT2D eigenvalue weighted by Crippen LogP contribution is -2.34. The molecule has 1 unspecified atom stereocenters. The third-order valence-electron chi connectivity index (χ3n) is 1.77. The largest absolute Gasteiger partial charge is 0.394 e. The number of aliphatic hydroxyl groups excluding tert-OH is 2. The molecule has 0 aromatic carbocycles. The van der Waals surface area contributed by atoms with Crippen LogP contribution in [0.5, 0.6) is 0 Å². The number of carbonyl (C=O) groups is 1. The zero-order chi connectivity index (χ0) is 12.1. The van der Waals surface area contributed by atoms with Crippen LogP contribution in [0.15, 0.2) is 12.1 Å². The van der Waals surface area contributed by atoms with Gasteiger partial charge in [-0.2, -0.15) is 0 Å². The van der Waals surface area contributed by atoms with E-state index >= 15 is 0 Å². The third kappa shape index (κ3) is 3.61. The number of halogens is 2. The number of pyridine rings is 1. The van der Waals surface area contributed by atoms with E-state index in [2.05, 4.69) is 10.3 Å². The molecule has 16 heavy (non-hydrogen) atoms. The van der Waals surface area contributed by atoms with Gasteiger partial charge >= 0.3 is 0 Å². The van der Waals surface area contributed by atoms with Gasteiger partial charge in [-0.05, 0) is 12.1 Å². The Labute approximate surface area is 102 Å². The highest BCUT2D eigenvalue weighted by molar-refractivity contribution is 6.34. The average molecular weight is 265 g/mol. The normalized spacial score (nSPS) is 12.2. The summed E-state index contributed by atoms with van der Waals surface area (Å²) in [4.78, 5) is 15.2. The van der Waals surface area contributed by atoms with Crippen LogP contribution in [0.2, 0.25) is 10.3 Å². The lowest BCUT2D eigenvalue weighted by Gasteiger charge is -2.09. The topological polar surface area (TPSA) is 82.5 Å². The van der Waals surface area contributed by atoms with E-state index in [1.165, 1.54) is 12.1 Å². The lowest BCUT2D eigenvalue weighted by molar-refractivity contribution is 0.0802. The third-order valence-corrected chi connectivity index (χ3v) is 2.27.